The minimum absolute atomic E-state index is 0.373. The number of hydrogen-bond donors (Lipinski definition) is 0. The summed E-state index contributed by atoms with van der Waals surface area (Å²) in [5.41, 5.74) is 1.23. The molecule has 5 nitrogen and oxygen atoms in total. The Kier molecular flexibility index (Phi) is 4.34. The average Bonchev–Trinajstić information content (AvgIpc) is 3.16. The summed E-state index contributed by atoms with van der Waals surface area (Å²) in [5.74, 6) is 2.82. The second kappa shape index (κ2) is 6.40. The zero-order valence-corrected chi connectivity index (χ0v) is 13.5. The molecule has 0 N–H and O–H groups in total. The van der Waals surface area contributed by atoms with Crippen LogP contribution in [0, 0.1) is 0 Å². The Morgan fingerprint density at radius 1 is 1.27 bits per heavy atom. The Labute approximate surface area is 131 Å². The van der Waals surface area contributed by atoms with Crippen LogP contribution >= 0.6 is 0 Å². The largest absolute Gasteiger partial charge is 0.497 e. The summed E-state index contributed by atoms with van der Waals surface area (Å²) in [6, 6.07) is 6.47. The summed E-state index contributed by atoms with van der Waals surface area (Å²) in [6.45, 7) is 1.95. The third-order valence-corrected chi connectivity index (χ3v) is 4.43. The number of likely N-dealkylation sites (tertiary alicyclic amines) is 1. The van der Waals surface area contributed by atoms with E-state index in [1.807, 2.05) is 31.6 Å². The first-order chi connectivity index (χ1) is 10.7. The van der Waals surface area contributed by atoms with E-state index >= 15 is 0 Å². The fourth-order valence-corrected chi connectivity index (χ4v) is 3.19. The predicted molar refractivity (Wildman–Crippen MR) is 85.1 cm³/mol. The van der Waals surface area contributed by atoms with E-state index in [0.717, 1.165) is 36.8 Å². The van der Waals surface area contributed by atoms with Gasteiger partial charge >= 0.3 is 0 Å². The van der Waals surface area contributed by atoms with Crippen LogP contribution in [0.1, 0.15) is 30.3 Å². The summed E-state index contributed by atoms with van der Waals surface area (Å²) >= 11 is 0. The number of ether oxygens (including phenoxy) is 2. The molecule has 1 fully saturated rings. The first-order valence-electron chi connectivity index (χ1n) is 7.65. The number of rotatable bonds is 5. The van der Waals surface area contributed by atoms with E-state index in [1.54, 1.807) is 14.2 Å². The van der Waals surface area contributed by atoms with Crippen LogP contribution in [0.2, 0.25) is 0 Å². The molecule has 1 saturated heterocycles. The highest BCUT2D eigenvalue weighted by molar-refractivity contribution is 5.42. The average molecular weight is 301 g/mol. The minimum atomic E-state index is 0.373. The third-order valence-electron chi connectivity index (χ3n) is 4.43. The number of imidazole rings is 1. The van der Waals surface area contributed by atoms with Crippen LogP contribution in [0.4, 0.5) is 0 Å². The van der Waals surface area contributed by atoms with Crippen LogP contribution in [0.15, 0.2) is 30.6 Å². The topological polar surface area (TPSA) is 39.5 Å². The maximum absolute atomic E-state index is 5.58. The first kappa shape index (κ1) is 14.9. The van der Waals surface area contributed by atoms with Crippen LogP contribution in [-0.2, 0) is 13.6 Å². The molecule has 0 radical (unpaired) electrons. The highest BCUT2D eigenvalue weighted by Crippen LogP contribution is 2.39. The first-order valence-corrected chi connectivity index (χ1v) is 7.65. The lowest BCUT2D eigenvalue weighted by Crippen LogP contribution is -2.24. The van der Waals surface area contributed by atoms with Gasteiger partial charge in [0.1, 0.15) is 17.3 Å². The molecule has 0 spiro atoms. The molecule has 2 heterocycles. The van der Waals surface area contributed by atoms with Crippen molar-refractivity contribution in [2.45, 2.75) is 25.4 Å². The van der Waals surface area contributed by atoms with E-state index in [2.05, 4.69) is 20.5 Å². The summed E-state index contributed by atoms with van der Waals surface area (Å²) in [4.78, 5) is 6.93. The highest BCUT2D eigenvalue weighted by atomic mass is 16.5. The summed E-state index contributed by atoms with van der Waals surface area (Å²) in [5, 5.41) is 0. The van der Waals surface area contributed by atoms with Crippen LogP contribution in [0.25, 0.3) is 0 Å². The summed E-state index contributed by atoms with van der Waals surface area (Å²) in [6.07, 6.45) is 6.19. The Morgan fingerprint density at radius 2 is 2.14 bits per heavy atom. The fourth-order valence-electron chi connectivity index (χ4n) is 3.19. The van der Waals surface area contributed by atoms with E-state index in [9.17, 15) is 0 Å². The van der Waals surface area contributed by atoms with Gasteiger partial charge in [0.2, 0.25) is 0 Å². The van der Waals surface area contributed by atoms with Crippen molar-refractivity contribution >= 4 is 0 Å². The predicted octanol–water partition coefficient (Wildman–Crippen LogP) is 2.77. The molecule has 22 heavy (non-hydrogen) atoms. The highest BCUT2D eigenvalue weighted by Gasteiger charge is 2.29. The minimum Gasteiger partial charge on any atom is -0.497 e. The van der Waals surface area contributed by atoms with Crippen LogP contribution in [0.5, 0.6) is 11.5 Å². The SMILES string of the molecule is COc1ccc(C2CCCN2Cc2nccn2C)c(OC)c1. The van der Waals surface area contributed by atoms with E-state index in [0.29, 0.717) is 6.04 Å². The van der Waals surface area contributed by atoms with Gasteiger partial charge < -0.3 is 14.0 Å². The lowest BCUT2D eigenvalue weighted by molar-refractivity contribution is 0.234. The van der Waals surface area contributed by atoms with Crippen molar-refractivity contribution in [3.05, 3.63) is 42.0 Å². The van der Waals surface area contributed by atoms with Gasteiger partial charge in [0, 0.05) is 37.1 Å². The molecular formula is C17H23N3O2. The molecule has 2 aromatic rings. The maximum Gasteiger partial charge on any atom is 0.127 e. The van der Waals surface area contributed by atoms with Crippen LogP contribution in [-0.4, -0.2) is 35.2 Å². The number of aryl methyl sites for hydroxylation is 1. The van der Waals surface area contributed by atoms with Crippen LogP contribution < -0.4 is 9.47 Å². The van der Waals surface area contributed by atoms with E-state index < -0.39 is 0 Å². The second-order valence-electron chi connectivity index (χ2n) is 5.69. The van der Waals surface area contributed by atoms with Gasteiger partial charge in [-0.05, 0) is 25.5 Å². The van der Waals surface area contributed by atoms with Gasteiger partial charge in [-0.25, -0.2) is 4.98 Å². The molecule has 1 aliphatic rings. The number of benzene rings is 1. The molecule has 0 amide bonds. The van der Waals surface area contributed by atoms with Crippen molar-refractivity contribution in [3.63, 3.8) is 0 Å². The van der Waals surface area contributed by atoms with Crippen molar-refractivity contribution in [2.24, 2.45) is 7.05 Å². The molecule has 0 bridgehead atoms. The molecule has 0 saturated carbocycles. The van der Waals surface area contributed by atoms with Crippen molar-refractivity contribution in [1.82, 2.24) is 14.5 Å². The second-order valence-corrected chi connectivity index (χ2v) is 5.69. The number of methoxy groups -OCH3 is 2. The Morgan fingerprint density at radius 3 is 2.82 bits per heavy atom. The van der Waals surface area contributed by atoms with Crippen molar-refractivity contribution in [2.75, 3.05) is 20.8 Å². The van der Waals surface area contributed by atoms with Crippen molar-refractivity contribution in [3.8, 4) is 11.5 Å². The molecular weight excluding hydrogens is 278 g/mol. The summed E-state index contributed by atoms with van der Waals surface area (Å²) in [7, 11) is 5.44. The lowest BCUT2D eigenvalue weighted by atomic mass is 10.0. The molecule has 1 atom stereocenters. The van der Waals surface area contributed by atoms with Gasteiger partial charge in [-0.15, -0.1) is 0 Å². The number of aromatic nitrogens is 2. The molecule has 3 rings (SSSR count). The van der Waals surface area contributed by atoms with E-state index in [-0.39, 0.29) is 0 Å². The van der Waals surface area contributed by atoms with Crippen molar-refractivity contribution in [1.29, 1.82) is 0 Å². The van der Waals surface area contributed by atoms with Gasteiger partial charge in [-0.2, -0.15) is 0 Å². The third kappa shape index (κ3) is 2.81. The van der Waals surface area contributed by atoms with Gasteiger partial charge in [0.25, 0.3) is 0 Å². The zero-order chi connectivity index (χ0) is 15.5. The zero-order valence-electron chi connectivity index (χ0n) is 13.5. The lowest BCUT2D eigenvalue weighted by Gasteiger charge is -2.26. The molecule has 1 aliphatic heterocycles. The van der Waals surface area contributed by atoms with Gasteiger partial charge in [-0.3, -0.25) is 4.90 Å². The molecule has 118 valence electrons. The van der Waals surface area contributed by atoms with Gasteiger partial charge in [0.05, 0.1) is 20.8 Å². The van der Waals surface area contributed by atoms with Crippen molar-refractivity contribution < 1.29 is 9.47 Å². The standard InChI is InChI=1S/C17H23N3O2/c1-19-10-8-18-17(19)12-20-9-4-5-15(20)14-7-6-13(21-2)11-16(14)22-3/h6-8,10-11,15H,4-5,9,12H2,1-3H3. The molecule has 1 unspecified atom stereocenters. The molecule has 1 aromatic carbocycles. The maximum atomic E-state index is 5.58. The number of hydrogen-bond acceptors (Lipinski definition) is 4. The molecule has 1 aromatic heterocycles. The van der Waals surface area contributed by atoms with Gasteiger partial charge in [-0.1, -0.05) is 6.07 Å². The summed E-state index contributed by atoms with van der Waals surface area (Å²) < 4.78 is 13.0. The monoisotopic (exact) mass is 301 g/mol. The Bertz CT molecular complexity index is 639. The van der Waals surface area contributed by atoms with Crippen LogP contribution in [0.3, 0.4) is 0 Å². The molecule has 5 heteroatoms. The smallest absolute Gasteiger partial charge is 0.127 e. The molecule has 0 aliphatic carbocycles. The quantitative estimate of drug-likeness (QED) is 0.851. The normalized spacial score (nSPS) is 18.6. The van der Waals surface area contributed by atoms with E-state index in [4.69, 9.17) is 9.47 Å². The van der Waals surface area contributed by atoms with Gasteiger partial charge in [0.15, 0.2) is 0 Å². The van der Waals surface area contributed by atoms with E-state index in [1.165, 1.54) is 12.0 Å². The number of nitrogens with zero attached hydrogens (tertiary/aromatic N) is 3. The fraction of sp³-hybridized carbons (Fsp3) is 0.471. The Balaban J connectivity index is 1.85. The Hall–Kier alpha value is -2.01.